The highest BCUT2D eigenvalue weighted by molar-refractivity contribution is 6.02. The SMILES string of the molecule is CC1Oc2ccc([N+](=O)[O-])nc2N(CC(=O)NCc2ccccc2)C1=O. The number of amides is 2. The Kier molecular flexibility index (Phi) is 4.78. The molecule has 1 aromatic heterocycles. The number of pyridine rings is 1. The van der Waals surface area contributed by atoms with Crippen molar-refractivity contribution in [3.8, 4) is 5.75 Å². The van der Waals surface area contributed by atoms with Crippen molar-refractivity contribution in [1.82, 2.24) is 10.3 Å². The Labute approximate surface area is 148 Å². The number of rotatable bonds is 5. The fraction of sp³-hybridized carbons (Fsp3) is 0.235. The fourth-order valence-electron chi connectivity index (χ4n) is 2.53. The lowest BCUT2D eigenvalue weighted by atomic mass is 10.2. The van der Waals surface area contributed by atoms with E-state index in [0.717, 1.165) is 10.5 Å². The normalized spacial score (nSPS) is 15.8. The number of carbonyl (C=O) groups is 2. The molecule has 26 heavy (non-hydrogen) atoms. The minimum atomic E-state index is -0.812. The second kappa shape index (κ2) is 7.18. The van der Waals surface area contributed by atoms with E-state index in [4.69, 9.17) is 4.74 Å². The highest BCUT2D eigenvalue weighted by Gasteiger charge is 2.37. The zero-order chi connectivity index (χ0) is 18.7. The van der Waals surface area contributed by atoms with Crippen molar-refractivity contribution in [1.29, 1.82) is 0 Å². The second-order valence-electron chi connectivity index (χ2n) is 5.70. The van der Waals surface area contributed by atoms with Crippen LogP contribution in [0.4, 0.5) is 11.6 Å². The first-order valence-electron chi connectivity index (χ1n) is 7.90. The monoisotopic (exact) mass is 356 g/mol. The summed E-state index contributed by atoms with van der Waals surface area (Å²) in [5, 5.41) is 13.7. The molecule has 0 bridgehead atoms. The Hall–Kier alpha value is -3.49. The van der Waals surface area contributed by atoms with Gasteiger partial charge in [0, 0.05) is 12.6 Å². The van der Waals surface area contributed by atoms with E-state index in [2.05, 4.69) is 10.3 Å². The highest BCUT2D eigenvalue weighted by atomic mass is 16.6. The third-order valence-electron chi connectivity index (χ3n) is 3.82. The van der Waals surface area contributed by atoms with E-state index in [1.54, 1.807) is 6.92 Å². The van der Waals surface area contributed by atoms with Gasteiger partial charge in [0.05, 0.1) is 0 Å². The number of aromatic nitrogens is 1. The number of anilines is 1. The van der Waals surface area contributed by atoms with Crippen molar-refractivity contribution >= 4 is 23.5 Å². The van der Waals surface area contributed by atoms with Crippen molar-refractivity contribution in [3.63, 3.8) is 0 Å². The van der Waals surface area contributed by atoms with Crippen LogP contribution in [0.2, 0.25) is 0 Å². The molecule has 0 saturated carbocycles. The van der Waals surface area contributed by atoms with Gasteiger partial charge >= 0.3 is 5.82 Å². The van der Waals surface area contributed by atoms with Crippen molar-refractivity contribution in [3.05, 3.63) is 58.1 Å². The van der Waals surface area contributed by atoms with E-state index in [1.165, 1.54) is 12.1 Å². The van der Waals surface area contributed by atoms with E-state index in [-0.39, 0.29) is 18.1 Å². The predicted octanol–water partition coefficient (Wildman–Crippen LogP) is 1.42. The molecule has 1 aromatic carbocycles. The first kappa shape index (κ1) is 17.3. The molecule has 1 aliphatic heterocycles. The molecule has 1 aliphatic rings. The number of fused-ring (bicyclic) bond motifs is 1. The summed E-state index contributed by atoms with van der Waals surface area (Å²) in [6, 6.07) is 11.9. The molecule has 9 nitrogen and oxygen atoms in total. The number of carbonyl (C=O) groups excluding carboxylic acids is 2. The largest absolute Gasteiger partial charge is 0.475 e. The number of nitrogens with one attached hydrogen (secondary N) is 1. The van der Waals surface area contributed by atoms with E-state index in [9.17, 15) is 19.7 Å². The topological polar surface area (TPSA) is 115 Å². The molecular weight excluding hydrogens is 340 g/mol. The summed E-state index contributed by atoms with van der Waals surface area (Å²) in [6.45, 7) is 1.55. The summed E-state index contributed by atoms with van der Waals surface area (Å²) < 4.78 is 5.41. The van der Waals surface area contributed by atoms with Crippen molar-refractivity contribution in [2.45, 2.75) is 19.6 Å². The minimum Gasteiger partial charge on any atom is -0.475 e. The van der Waals surface area contributed by atoms with Gasteiger partial charge in [0.25, 0.3) is 11.7 Å². The third kappa shape index (κ3) is 3.61. The number of benzene rings is 1. The molecule has 0 aliphatic carbocycles. The van der Waals surface area contributed by atoms with Gasteiger partial charge in [-0.15, -0.1) is 0 Å². The smallest absolute Gasteiger partial charge is 0.366 e. The standard InChI is InChI=1S/C17H16N4O5/c1-11-17(23)20(10-15(22)18-9-12-5-3-2-4-6-12)16-13(26-11)7-8-14(19-16)21(24)25/h2-8,11H,9-10H2,1H3,(H,18,22). The maximum atomic E-state index is 12.4. The molecule has 1 N–H and O–H groups in total. The van der Waals surface area contributed by atoms with Crippen LogP contribution in [0.25, 0.3) is 0 Å². The van der Waals surface area contributed by atoms with E-state index in [0.29, 0.717) is 6.54 Å². The Bertz CT molecular complexity index is 855. The summed E-state index contributed by atoms with van der Waals surface area (Å²) >= 11 is 0. The lowest BCUT2D eigenvalue weighted by Gasteiger charge is -2.28. The molecule has 0 saturated heterocycles. The van der Waals surface area contributed by atoms with Gasteiger partial charge in [0.2, 0.25) is 5.91 Å². The van der Waals surface area contributed by atoms with Crippen LogP contribution >= 0.6 is 0 Å². The van der Waals surface area contributed by atoms with Crippen LogP contribution < -0.4 is 15.0 Å². The van der Waals surface area contributed by atoms with Gasteiger partial charge in [-0.3, -0.25) is 14.5 Å². The number of nitro groups is 1. The van der Waals surface area contributed by atoms with Gasteiger partial charge in [-0.2, -0.15) is 0 Å². The Balaban J connectivity index is 1.77. The van der Waals surface area contributed by atoms with Crippen LogP contribution in [0.15, 0.2) is 42.5 Å². The molecule has 2 heterocycles. The Morgan fingerprint density at radius 1 is 1.31 bits per heavy atom. The molecule has 0 fully saturated rings. The average molecular weight is 356 g/mol. The van der Waals surface area contributed by atoms with Crippen LogP contribution in [0.1, 0.15) is 12.5 Å². The average Bonchev–Trinajstić information content (AvgIpc) is 2.64. The summed E-state index contributed by atoms with van der Waals surface area (Å²) in [5.74, 6) is -1.13. The maximum Gasteiger partial charge on any atom is 0.366 e. The van der Waals surface area contributed by atoms with Crippen LogP contribution in [-0.4, -0.2) is 34.4 Å². The summed E-state index contributed by atoms with van der Waals surface area (Å²) in [7, 11) is 0. The van der Waals surface area contributed by atoms with Gasteiger partial charge < -0.3 is 20.2 Å². The number of nitrogens with zero attached hydrogens (tertiary/aromatic N) is 3. The lowest BCUT2D eigenvalue weighted by Crippen LogP contribution is -2.49. The van der Waals surface area contributed by atoms with Gasteiger partial charge in [0.15, 0.2) is 11.9 Å². The quantitative estimate of drug-likeness (QED) is 0.640. The number of ether oxygens (including phenoxy) is 1. The molecular formula is C17H16N4O5. The van der Waals surface area contributed by atoms with Crippen molar-refractivity contribution < 1.29 is 19.2 Å². The van der Waals surface area contributed by atoms with Gasteiger partial charge in [-0.25, -0.2) is 0 Å². The molecule has 1 unspecified atom stereocenters. The molecule has 134 valence electrons. The molecule has 0 spiro atoms. The van der Waals surface area contributed by atoms with E-state index >= 15 is 0 Å². The number of hydrogen-bond donors (Lipinski definition) is 1. The lowest BCUT2D eigenvalue weighted by molar-refractivity contribution is -0.389. The fourth-order valence-corrected chi connectivity index (χ4v) is 2.53. The van der Waals surface area contributed by atoms with Crippen molar-refractivity contribution in [2.24, 2.45) is 0 Å². The number of hydrogen-bond acceptors (Lipinski definition) is 6. The highest BCUT2D eigenvalue weighted by Crippen LogP contribution is 2.33. The second-order valence-corrected chi connectivity index (χ2v) is 5.70. The first-order chi connectivity index (χ1) is 12.5. The van der Waals surface area contributed by atoms with Gasteiger partial charge in [-0.05, 0) is 28.5 Å². The van der Waals surface area contributed by atoms with Gasteiger partial charge in [-0.1, -0.05) is 30.3 Å². The van der Waals surface area contributed by atoms with Crippen LogP contribution in [0.3, 0.4) is 0 Å². The molecule has 1 atom stereocenters. The first-order valence-corrected chi connectivity index (χ1v) is 7.90. The maximum absolute atomic E-state index is 12.4. The Morgan fingerprint density at radius 3 is 2.73 bits per heavy atom. The van der Waals surface area contributed by atoms with Crippen LogP contribution in [0, 0.1) is 10.1 Å². The van der Waals surface area contributed by atoms with E-state index in [1.807, 2.05) is 30.3 Å². The van der Waals surface area contributed by atoms with Crippen molar-refractivity contribution in [2.75, 3.05) is 11.4 Å². The summed E-state index contributed by atoms with van der Waals surface area (Å²) in [5.41, 5.74) is 0.914. The predicted molar refractivity (Wildman–Crippen MR) is 91.6 cm³/mol. The zero-order valence-corrected chi connectivity index (χ0v) is 13.9. The Morgan fingerprint density at radius 2 is 2.04 bits per heavy atom. The molecule has 0 radical (unpaired) electrons. The zero-order valence-electron chi connectivity index (χ0n) is 13.9. The summed E-state index contributed by atoms with van der Waals surface area (Å²) in [4.78, 5) is 39.9. The summed E-state index contributed by atoms with van der Waals surface area (Å²) in [6.07, 6.45) is -0.812. The molecule has 2 aromatic rings. The molecule has 3 rings (SSSR count). The molecule has 2 amide bonds. The third-order valence-corrected chi connectivity index (χ3v) is 3.82. The minimum absolute atomic E-state index is 0.0304. The van der Waals surface area contributed by atoms with E-state index < -0.39 is 28.7 Å². The van der Waals surface area contributed by atoms with Crippen LogP contribution in [0.5, 0.6) is 5.75 Å². The molecule has 9 heteroatoms. The van der Waals surface area contributed by atoms with Crippen LogP contribution in [-0.2, 0) is 16.1 Å². The van der Waals surface area contributed by atoms with Gasteiger partial charge in [0.1, 0.15) is 6.54 Å².